The van der Waals surface area contributed by atoms with Crippen molar-refractivity contribution in [3.05, 3.63) is 45.2 Å². The third kappa shape index (κ3) is 4.35. The number of aromatic nitrogens is 1. The summed E-state index contributed by atoms with van der Waals surface area (Å²) in [5, 5.41) is 0. The Morgan fingerprint density at radius 1 is 1.18 bits per heavy atom. The van der Waals surface area contributed by atoms with Crippen molar-refractivity contribution in [1.82, 2.24) is 4.57 Å². The first-order valence-electron chi connectivity index (χ1n) is 8.98. The van der Waals surface area contributed by atoms with E-state index in [-0.39, 0.29) is 10.2 Å². The van der Waals surface area contributed by atoms with E-state index in [2.05, 4.69) is 4.40 Å². The zero-order chi connectivity index (χ0) is 20.9. The van der Waals surface area contributed by atoms with E-state index in [0.717, 1.165) is 35.5 Å². The number of benzene rings is 1. The molecule has 0 spiro atoms. The van der Waals surface area contributed by atoms with Crippen LogP contribution in [0.5, 0.6) is 0 Å². The van der Waals surface area contributed by atoms with Crippen LogP contribution in [0.4, 0.5) is 13.2 Å². The summed E-state index contributed by atoms with van der Waals surface area (Å²) in [7, 11) is -4.52. The molecular weight excluding hydrogens is 409 g/mol. The zero-order valence-electron chi connectivity index (χ0n) is 16.2. The van der Waals surface area contributed by atoms with E-state index >= 15 is 0 Å². The molecule has 1 aliphatic rings. The van der Waals surface area contributed by atoms with Crippen LogP contribution in [-0.2, 0) is 28.2 Å². The van der Waals surface area contributed by atoms with Gasteiger partial charge in [0.15, 0.2) is 0 Å². The molecule has 9 heteroatoms. The lowest BCUT2D eigenvalue weighted by atomic mass is 9.93. The van der Waals surface area contributed by atoms with Gasteiger partial charge in [-0.2, -0.15) is 21.6 Å². The summed E-state index contributed by atoms with van der Waals surface area (Å²) >= 11 is 1.23. The molecule has 0 aliphatic heterocycles. The molecule has 28 heavy (non-hydrogen) atoms. The van der Waals surface area contributed by atoms with Crippen LogP contribution in [0.3, 0.4) is 0 Å². The SMILES string of the molecule is Cc1c(C(C)(C)C)s/c(=N\S(=O)(=O)c2ccccc2C(F)(F)F)n1CC1CC1. The highest BCUT2D eigenvalue weighted by Gasteiger charge is 2.37. The van der Waals surface area contributed by atoms with Gasteiger partial charge in [0.25, 0.3) is 10.0 Å². The van der Waals surface area contributed by atoms with Gasteiger partial charge in [0.05, 0.1) is 5.56 Å². The Bertz CT molecular complexity index is 1050. The number of nitrogens with zero attached hydrogens (tertiary/aromatic N) is 2. The second-order valence-electron chi connectivity index (χ2n) is 8.16. The van der Waals surface area contributed by atoms with Gasteiger partial charge in [-0.1, -0.05) is 32.9 Å². The van der Waals surface area contributed by atoms with Crippen molar-refractivity contribution >= 4 is 21.4 Å². The largest absolute Gasteiger partial charge is 0.417 e. The summed E-state index contributed by atoms with van der Waals surface area (Å²) in [6.45, 7) is 8.60. The van der Waals surface area contributed by atoms with E-state index in [0.29, 0.717) is 12.5 Å². The van der Waals surface area contributed by atoms with Crippen LogP contribution < -0.4 is 4.80 Å². The Morgan fingerprint density at radius 3 is 2.32 bits per heavy atom. The number of sulfonamides is 1. The van der Waals surface area contributed by atoms with Gasteiger partial charge in [-0.15, -0.1) is 15.7 Å². The summed E-state index contributed by atoms with van der Waals surface area (Å²) in [5.41, 5.74) is -0.499. The highest BCUT2D eigenvalue weighted by molar-refractivity contribution is 7.90. The molecule has 1 aromatic carbocycles. The van der Waals surface area contributed by atoms with Crippen molar-refractivity contribution in [3.8, 4) is 0 Å². The average Bonchev–Trinajstić information content (AvgIpc) is 3.33. The molecule has 1 aliphatic carbocycles. The van der Waals surface area contributed by atoms with Crippen molar-refractivity contribution in [2.45, 2.75) is 63.6 Å². The van der Waals surface area contributed by atoms with Gasteiger partial charge < -0.3 is 4.57 Å². The summed E-state index contributed by atoms with van der Waals surface area (Å²) in [4.78, 5) is 0.390. The molecule has 1 heterocycles. The van der Waals surface area contributed by atoms with Gasteiger partial charge in [0.1, 0.15) is 4.90 Å². The van der Waals surface area contributed by atoms with E-state index in [9.17, 15) is 21.6 Å². The van der Waals surface area contributed by atoms with Crippen LogP contribution >= 0.6 is 11.3 Å². The number of hydrogen-bond donors (Lipinski definition) is 0. The van der Waals surface area contributed by atoms with Gasteiger partial charge in [0, 0.05) is 17.1 Å². The van der Waals surface area contributed by atoms with Crippen LogP contribution in [0.2, 0.25) is 0 Å². The third-order valence-electron chi connectivity index (χ3n) is 4.65. The minimum atomic E-state index is -4.77. The molecule has 0 saturated heterocycles. The molecule has 0 unspecified atom stereocenters. The monoisotopic (exact) mass is 432 g/mol. The van der Waals surface area contributed by atoms with Crippen molar-refractivity contribution < 1.29 is 21.6 Å². The van der Waals surface area contributed by atoms with E-state index in [1.54, 1.807) is 0 Å². The number of hydrogen-bond acceptors (Lipinski definition) is 3. The molecule has 0 bridgehead atoms. The second kappa shape index (κ2) is 7.02. The first-order chi connectivity index (χ1) is 12.8. The fourth-order valence-corrected chi connectivity index (χ4v) is 5.73. The van der Waals surface area contributed by atoms with Gasteiger partial charge in [-0.25, -0.2) is 0 Å². The smallest absolute Gasteiger partial charge is 0.320 e. The topological polar surface area (TPSA) is 51.4 Å². The van der Waals surface area contributed by atoms with Crippen molar-refractivity contribution in [3.63, 3.8) is 0 Å². The average molecular weight is 433 g/mol. The predicted octanol–water partition coefficient (Wildman–Crippen LogP) is 4.87. The maximum absolute atomic E-state index is 13.3. The van der Waals surface area contributed by atoms with Gasteiger partial charge >= 0.3 is 6.18 Å². The number of halogens is 3. The Balaban J connectivity index is 2.20. The third-order valence-corrected chi connectivity index (χ3v) is 7.69. The Labute approximate surface area is 166 Å². The molecule has 1 saturated carbocycles. The molecule has 0 atom stereocenters. The second-order valence-corrected chi connectivity index (χ2v) is 10.7. The zero-order valence-corrected chi connectivity index (χ0v) is 17.8. The van der Waals surface area contributed by atoms with Crippen molar-refractivity contribution in [2.75, 3.05) is 0 Å². The lowest BCUT2D eigenvalue weighted by Crippen LogP contribution is -2.21. The first kappa shape index (κ1) is 21.1. The quantitative estimate of drug-likeness (QED) is 0.692. The molecule has 0 amide bonds. The minimum Gasteiger partial charge on any atom is -0.320 e. The molecule has 0 radical (unpaired) electrons. The van der Waals surface area contributed by atoms with E-state index in [1.165, 1.54) is 23.5 Å². The van der Waals surface area contributed by atoms with Gasteiger partial charge in [-0.05, 0) is 43.2 Å². The van der Waals surface area contributed by atoms with Gasteiger partial charge in [-0.3, -0.25) is 0 Å². The maximum Gasteiger partial charge on any atom is 0.417 e. The molecule has 4 nitrogen and oxygen atoms in total. The van der Waals surface area contributed by atoms with Crippen LogP contribution in [0.25, 0.3) is 0 Å². The number of thiazole rings is 1. The number of alkyl halides is 3. The fraction of sp³-hybridized carbons (Fsp3) is 0.526. The molecule has 2 aromatic rings. The Morgan fingerprint density at radius 2 is 1.79 bits per heavy atom. The highest BCUT2D eigenvalue weighted by Crippen LogP contribution is 2.36. The molecular formula is C19H23F3N2O2S2. The van der Waals surface area contributed by atoms with Crippen molar-refractivity contribution in [2.24, 2.45) is 10.3 Å². The predicted molar refractivity (Wildman–Crippen MR) is 103 cm³/mol. The molecule has 0 N–H and O–H groups in total. The molecule has 1 fully saturated rings. The lowest BCUT2D eigenvalue weighted by Gasteiger charge is -2.17. The number of rotatable bonds is 4. The molecule has 1 aromatic heterocycles. The summed E-state index contributed by atoms with van der Waals surface area (Å²) in [6, 6.07) is 4.16. The first-order valence-corrected chi connectivity index (χ1v) is 11.2. The summed E-state index contributed by atoms with van der Waals surface area (Å²) < 4.78 is 71.2. The van der Waals surface area contributed by atoms with Crippen LogP contribution in [0.15, 0.2) is 33.6 Å². The summed E-state index contributed by atoms with van der Waals surface area (Å²) in [5.74, 6) is 0.463. The maximum atomic E-state index is 13.3. The van der Waals surface area contributed by atoms with Crippen LogP contribution in [0.1, 0.15) is 49.7 Å². The molecule has 154 valence electrons. The van der Waals surface area contributed by atoms with E-state index in [4.69, 9.17) is 0 Å². The Kier molecular flexibility index (Phi) is 5.29. The lowest BCUT2D eigenvalue weighted by molar-refractivity contribution is -0.139. The summed E-state index contributed by atoms with van der Waals surface area (Å²) in [6.07, 6.45) is -2.64. The minimum absolute atomic E-state index is 0.221. The highest BCUT2D eigenvalue weighted by atomic mass is 32.2. The van der Waals surface area contributed by atoms with Crippen LogP contribution in [0, 0.1) is 12.8 Å². The van der Waals surface area contributed by atoms with E-state index < -0.39 is 26.7 Å². The van der Waals surface area contributed by atoms with Crippen LogP contribution in [-0.4, -0.2) is 13.0 Å². The Hall–Kier alpha value is -1.61. The molecule has 3 rings (SSSR count). The normalized spacial score (nSPS) is 16.6. The van der Waals surface area contributed by atoms with Crippen molar-refractivity contribution in [1.29, 1.82) is 0 Å². The van der Waals surface area contributed by atoms with E-state index in [1.807, 2.05) is 32.3 Å². The standard InChI is InChI=1S/C19H23F3N2O2S2/c1-12-16(18(2,3)4)27-17(24(12)11-13-9-10-13)23-28(25,26)15-8-6-5-7-14(15)19(20,21)22/h5-8,13H,9-11H2,1-4H3/b23-17-. The fourth-order valence-electron chi connectivity index (χ4n) is 3.10. The van der Waals surface area contributed by atoms with Gasteiger partial charge in [0.2, 0.25) is 4.80 Å².